The first-order valence-corrected chi connectivity index (χ1v) is 9.10. The number of rotatable bonds is 4. The van der Waals surface area contributed by atoms with Gasteiger partial charge in [-0.3, -0.25) is 4.79 Å². The third kappa shape index (κ3) is 1.86. The van der Waals surface area contributed by atoms with Crippen LogP contribution in [0.1, 0.15) is 43.7 Å². The van der Waals surface area contributed by atoms with E-state index in [9.17, 15) is 4.79 Å². The van der Waals surface area contributed by atoms with Gasteiger partial charge in [0.1, 0.15) is 11.5 Å². The second kappa shape index (κ2) is 5.48. The fraction of sp³-hybridized carbons (Fsp3) is 0.650. The van der Waals surface area contributed by atoms with Crippen molar-refractivity contribution >= 4 is 5.78 Å². The predicted molar refractivity (Wildman–Crippen MR) is 92.9 cm³/mol. The highest BCUT2D eigenvalue weighted by Gasteiger charge is 2.63. The molecule has 24 heavy (non-hydrogen) atoms. The summed E-state index contributed by atoms with van der Waals surface area (Å²) in [6.45, 7) is 2.21. The van der Waals surface area contributed by atoms with Crippen molar-refractivity contribution in [2.24, 2.45) is 5.92 Å². The van der Waals surface area contributed by atoms with E-state index in [0.717, 1.165) is 37.2 Å². The summed E-state index contributed by atoms with van der Waals surface area (Å²) in [7, 11) is 6.06. The summed E-state index contributed by atoms with van der Waals surface area (Å²) in [6, 6.07) is 4.43. The molecule has 1 aromatic rings. The zero-order chi connectivity index (χ0) is 17.1. The highest BCUT2D eigenvalue weighted by Crippen LogP contribution is 2.61. The Hall–Kier alpha value is -1.55. The van der Waals surface area contributed by atoms with Gasteiger partial charge in [0.05, 0.1) is 7.11 Å². The lowest BCUT2D eigenvalue weighted by atomic mass is 9.53. The van der Waals surface area contributed by atoms with Crippen LogP contribution in [0.3, 0.4) is 0 Å². The molecule has 0 aromatic heterocycles. The van der Waals surface area contributed by atoms with Gasteiger partial charge in [-0.05, 0) is 51.4 Å². The summed E-state index contributed by atoms with van der Waals surface area (Å²) < 4.78 is 12.0. The van der Waals surface area contributed by atoms with Crippen LogP contribution in [0, 0.1) is 5.92 Å². The lowest BCUT2D eigenvalue weighted by Gasteiger charge is -2.52. The van der Waals surface area contributed by atoms with E-state index in [1.807, 2.05) is 12.1 Å². The summed E-state index contributed by atoms with van der Waals surface area (Å²) in [5.74, 6) is 2.61. The maximum absolute atomic E-state index is 12.8. The van der Waals surface area contributed by atoms with Gasteiger partial charge in [-0.1, -0.05) is 13.3 Å². The molecule has 130 valence electrons. The van der Waals surface area contributed by atoms with Crippen LogP contribution in [0.4, 0.5) is 0 Å². The van der Waals surface area contributed by atoms with Gasteiger partial charge in [0.15, 0.2) is 11.9 Å². The molecule has 0 N–H and O–H groups in total. The van der Waals surface area contributed by atoms with Crippen LogP contribution in [-0.2, 0) is 16.6 Å². The molecule has 4 nitrogen and oxygen atoms in total. The molecule has 1 fully saturated rings. The number of hydrogen-bond donors (Lipinski definition) is 0. The topological polar surface area (TPSA) is 38.8 Å². The number of methoxy groups -OCH3 is 1. The molecule has 1 aromatic carbocycles. The zero-order valence-corrected chi connectivity index (χ0v) is 15.1. The van der Waals surface area contributed by atoms with Gasteiger partial charge in [0.2, 0.25) is 0 Å². The van der Waals surface area contributed by atoms with Gasteiger partial charge in [0.25, 0.3) is 0 Å². The third-order valence-corrected chi connectivity index (χ3v) is 6.49. The van der Waals surface area contributed by atoms with Crippen LogP contribution in [0.5, 0.6) is 11.5 Å². The average Bonchev–Trinajstić information content (AvgIpc) is 2.90. The highest BCUT2D eigenvalue weighted by molar-refractivity contribution is 5.88. The van der Waals surface area contributed by atoms with Crippen LogP contribution >= 0.6 is 0 Å². The van der Waals surface area contributed by atoms with Crippen molar-refractivity contribution in [2.75, 3.05) is 21.2 Å². The molecule has 1 aliphatic heterocycles. The molecular weight excluding hydrogens is 302 g/mol. The molecule has 0 bridgehead atoms. The number of ketones is 1. The van der Waals surface area contributed by atoms with Crippen molar-refractivity contribution in [1.82, 2.24) is 4.90 Å². The zero-order valence-electron chi connectivity index (χ0n) is 15.1. The molecule has 1 heterocycles. The van der Waals surface area contributed by atoms with E-state index in [0.29, 0.717) is 18.4 Å². The van der Waals surface area contributed by atoms with Crippen LogP contribution in [0.25, 0.3) is 0 Å². The second-order valence-corrected chi connectivity index (χ2v) is 7.75. The van der Waals surface area contributed by atoms with Gasteiger partial charge in [-0.2, -0.15) is 0 Å². The Labute approximate surface area is 144 Å². The van der Waals surface area contributed by atoms with Crippen molar-refractivity contribution < 1.29 is 14.3 Å². The number of ether oxygens (including phenoxy) is 2. The van der Waals surface area contributed by atoms with Crippen molar-refractivity contribution in [3.8, 4) is 11.5 Å². The number of Topliss-reactive ketones (excluding diaryl/α,β-unsaturated/α-hetero) is 1. The Bertz CT molecular complexity index is 684. The minimum Gasteiger partial charge on any atom is -0.496 e. The van der Waals surface area contributed by atoms with Gasteiger partial charge in [-0.25, -0.2) is 0 Å². The predicted octanol–water partition coefficient (Wildman–Crippen LogP) is 2.96. The standard InChI is InChI=1S/C20H27NO3/c1-5-10-20-13-6-7-15(22)19(20)24-17-9-8-16(23-4)12(18(17)20)11-14(13)21(2)3/h8-9,13-14,19H,5-7,10-11H2,1-4H3/t13?,14?,19?,20-/m0/s1. The lowest BCUT2D eigenvalue weighted by molar-refractivity contribution is -0.135. The Morgan fingerprint density at radius 3 is 2.83 bits per heavy atom. The minimum atomic E-state index is -0.306. The van der Waals surface area contributed by atoms with Gasteiger partial charge in [-0.15, -0.1) is 0 Å². The fourth-order valence-corrected chi connectivity index (χ4v) is 5.68. The Morgan fingerprint density at radius 1 is 1.38 bits per heavy atom. The van der Waals surface area contributed by atoms with E-state index in [2.05, 4.69) is 25.9 Å². The molecule has 4 atom stereocenters. The minimum absolute atomic E-state index is 0.170. The Balaban J connectivity index is 2.00. The molecule has 3 aliphatic rings. The quantitative estimate of drug-likeness (QED) is 0.851. The molecule has 2 aliphatic carbocycles. The van der Waals surface area contributed by atoms with E-state index in [-0.39, 0.29) is 17.3 Å². The van der Waals surface area contributed by atoms with Crippen molar-refractivity contribution in [2.45, 2.75) is 56.6 Å². The van der Waals surface area contributed by atoms with Crippen molar-refractivity contribution in [3.63, 3.8) is 0 Å². The van der Waals surface area contributed by atoms with Crippen LogP contribution in [0.15, 0.2) is 12.1 Å². The molecule has 3 unspecified atom stereocenters. The first kappa shape index (κ1) is 15.9. The molecular formula is C20H27NO3. The largest absolute Gasteiger partial charge is 0.496 e. The molecule has 0 radical (unpaired) electrons. The van der Waals surface area contributed by atoms with Crippen LogP contribution in [-0.4, -0.2) is 44.0 Å². The van der Waals surface area contributed by atoms with E-state index >= 15 is 0 Å². The first-order valence-electron chi connectivity index (χ1n) is 9.10. The molecule has 0 saturated heterocycles. The summed E-state index contributed by atoms with van der Waals surface area (Å²) in [4.78, 5) is 15.1. The normalized spacial score (nSPS) is 33.4. The van der Waals surface area contributed by atoms with E-state index in [1.165, 1.54) is 11.1 Å². The molecule has 4 heteroatoms. The second-order valence-electron chi connectivity index (χ2n) is 7.75. The number of hydrogen-bond acceptors (Lipinski definition) is 4. The first-order chi connectivity index (χ1) is 11.5. The molecule has 0 spiro atoms. The molecule has 4 rings (SSSR count). The Morgan fingerprint density at radius 2 is 2.17 bits per heavy atom. The number of carbonyl (C=O) groups excluding carboxylic acids is 1. The maximum Gasteiger partial charge on any atom is 0.174 e. The monoisotopic (exact) mass is 329 g/mol. The summed E-state index contributed by atoms with van der Waals surface area (Å²) in [5.41, 5.74) is 2.37. The molecule has 1 saturated carbocycles. The van der Waals surface area contributed by atoms with E-state index < -0.39 is 0 Å². The fourth-order valence-electron chi connectivity index (χ4n) is 5.68. The number of likely N-dealkylation sites (N-methyl/N-ethyl adjacent to an activating group) is 1. The number of carbonyl (C=O) groups is 1. The van der Waals surface area contributed by atoms with Crippen LogP contribution in [0.2, 0.25) is 0 Å². The number of benzene rings is 1. The SMILES string of the molecule is CCC[C@@]12c3c4ccc(OC)c3CC(N(C)C)C1CCC(=O)C2O4. The summed E-state index contributed by atoms with van der Waals surface area (Å²) in [6.07, 6.45) is 4.34. The van der Waals surface area contributed by atoms with Crippen molar-refractivity contribution in [3.05, 3.63) is 23.3 Å². The maximum atomic E-state index is 12.8. The lowest BCUT2D eigenvalue weighted by Crippen LogP contribution is -2.60. The van der Waals surface area contributed by atoms with E-state index in [4.69, 9.17) is 9.47 Å². The van der Waals surface area contributed by atoms with Crippen LogP contribution < -0.4 is 9.47 Å². The highest BCUT2D eigenvalue weighted by atomic mass is 16.5. The van der Waals surface area contributed by atoms with Gasteiger partial charge >= 0.3 is 0 Å². The average molecular weight is 329 g/mol. The summed E-state index contributed by atoms with van der Waals surface area (Å²) in [5, 5.41) is 0. The van der Waals surface area contributed by atoms with Gasteiger partial charge < -0.3 is 14.4 Å². The number of nitrogens with zero attached hydrogens (tertiary/aromatic N) is 1. The summed E-state index contributed by atoms with van der Waals surface area (Å²) >= 11 is 0. The molecule has 0 amide bonds. The smallest absolute Gasteiger partial charge is 0.174 e. The third-order valence-electron chi connectivity index (χ3n) is 6.49. The van der Waals surface area contributed by atoms with Crippen molar-refractivity contribution in [1.29, 1.82) is 0 Å². The Kier molecular flexibility index (Phi) is 3.64. The van der Waals surface area contributed by atoms with Gasteiger partial charge in [0, 0.05) is 29.0 Å². The van der Waals surface area contributed by atoms with E-state index in [1.54, 1.807) is 7.11 Å².